The molecule has 0 unspecified atom stereocenters. The zero-order chi connectivity index (χ0) is 33.2. The van der Waals surface area contributed by atoms with Gasteiger partial charge >= 0.3 is 0 Å². The van der Waals surface area contributed by atoms with Crippen molar-refractivity contribution in [2.45, 2.75) is 12.8 Å². The summed E-state index contributed by atoms with van der Waals surface area (Å²) in [5, 5.41) is 29.6. The summed E-state index contributed by atoms with van der Waals surface area (Å²) in [5.41, 5.74) is 16.0. The fraction of sp³-hybridized carbons (Fsp3) is 0.0556. The van der Waals surface area contributed by atoms with Crippen LogP contribution < -0.4 is 11.6 Å². The van der Waals surface area contributed by atoms with E-state index in [-0.39, 0.29) is 18.2 Å². The van der Waals surface area contributed by atoms with Crippen LogP contribution in [-0.4, -0.2) is 16.3 Å². The molecule has 0 aromatic heterocycles. The lowest BCUT2D eigenvalue weighted by molar-refractivity contribution is 0.311. The van der Waals surface area contributed by atoms with Crippen LogP contribution in [0.15, 0.2) is 122 Å². The molecule has 0 spiro atoms. The maximum Gasteiger partial charge on any atom is 0.170 e. The normalized spacial score (nSPS) is 13.3. The third-order valence-corrected chi connectivity index (χ3v) is 8.74. The van der Waals surface area contributed by atoms with E-state index >= 15 is 0 Å². The highest BCUT2D eigenvalue weighted by molar-refractivity contribution is 9.10. The number of halogens is 5. The summed E-state index contributed by atoms with van der Waals surface area (Å²) in [5.74, 6) is 3.63. The van der Waals surface area contributed by atoms with Gasteiger partial charge in [0.1, 0.15) is 6.07 Å². The van der Waals surface area contributed by atoms with Crippen LogP contribution in [0.1, 0.15) is 33.4 Å². The predicted molar refractivity (Wildman–Crippen MR) is 203 cm³/mol. The number of amidine groups is 1. The Morgan fingerprint density at radius 2 is 1.17 bits per heavy atom. The average Bonchev–Trinajstić information content (AvgIpc) is 3.61. The lowest BCUT2D eigenvalue weighted by Gasteiger charge is -2.05. The lowest BCUT2D eigenvalue weighted by Crippen LogP contribution is -2.14. The monoisotopic (exact) mass is 812 g/mol. The number of benzene rings is 4. The third kappa shape index (κ3) is 9.69. The second-order valence-corrected chi connectivity index (χ2v) is 12.8. The molecule has 6 rings (SSSR count). The summed E-state index contributed by atoms with van der Waals surface area (Å²) in [6.45, 7) is 0. The second kappa shape index (κ2) is 18.0. The minimum Gasteiger partial charge on any atom is -0.409 e. The van der Waals surface area contributed by atoms with Crippen molar-refractivity contribution in [2.75, 3.05) is 0 Å². The van der Waals surface area contributed by atoms with E-state index in [4.69, 9.17) is 39.4 Å². The zero-order valence-corrected chi connectivity index (χ0v) is 30.2. The number of nitrogens with two attached hydrogens (primary N) is 2. The minimum absolute atomic E-state index is 0. The van der Waals surface area contributed by atoms with Crippen molar-refractivity contribution in [3.8, 4) is 6.07 Å². The molecule has 2 aliphatic rings. The van der Waals surface area contributed by atoms with E-state index in [9.17, 15) is 5.26 Å². The number of rotatable bonds is 5. The van der Waals surface area contributed by atoms with Crippen LogP contribution in [0.4, 0.5) is 0 Å². The molecule has 0 atom stereocenters. The highest BCUT2D eigenvalue weighted by Crippen LogP contribution is 2.36. The highest BCUT2D eigenvalue weighted by atomic mass is 79.9. The first-order chi connectivity index (χ1) is 22.2. The van der Waals surface area contributed by atoms with Gasteiger partial charge < -0.3 is 16.1 Å². The Hall–Kier alpha value is -3.65. The van der Waals surface area contributed by atoms with Gasteiger partial charge in [0, 0.05) is 24.6 Å². The number of fused-ring (bicyclic) bond motifs is 2. The van der Waals surface area contributed by atoms with Crippen molar-refractivity contribution in [1.82, 2.24) is 0 Å². The molecule has 0 bridgehead atoms. The fourth-order valence-corrected chi connectivity index (χ4v) is 6.22. The van der Waals surface area contributed by atoms with Crippen LogP contribution in [0, 0.1) is 11.3 Å². The topological polar surface area (TPSA) is 129 Å². The SMILES string of the molecule is Cl.N#CC1=C(/C=C/c2ccc(Cl)cc2)Cc2cc(Br)ccc21.N/C(=N/O)C1=C(/C=C/c2ccc(Cl)cc2)Cc2cc(Br)ccc21.NO. The van der Waals surface area contributed by atoms with E-state index in [2.05, 4.69) is 61.1 Å². The molecular formula is C36H29Br2Cl3N4O2. The molecule has 0 heterocycles. The largest absolute Gasteiger partial charge is 0.409 e. The maximum absolute atomic E-state index is 9.42. The van der Waals surface area contributed by atoms with Gasteiger partial charge in [-0.25, -0.2) is 5.90 Å². The van der Waals surface area contributed by atoms with Crippen LogP contribution in [-0.2, 0) is 12.8 Å². The number of nitriles is 1. The lowest BCUT2D eigenvalue weighted by atomic mass is 10.0. The van der Waals surface area contributed by atoms with E-state index in [1.165, 1.54) is 5.56 Å². The summed E-state index contributed by atoms with van der Waals surface area (Å²) in [6, 6.07) is 29.6. The number of hydrogen-bond donors (Lipinski definition) is 4. The summed E-state index contributed by atoms with van der Waals surface area (Å²) < 4.78 is 2.06. The van der Waals surface area contributed by atoms with Crippen LogP contribution in [0.3, 0.4) is 0 Å². The van der Waals surface area contributed by atoms with Crippen molar-refractivity contribution in [2.24, 2.45) is 16.8 Å². The molecule has 6 nitrogen and oxygen atoms in total. The number of hydrogen-bond acceptors (Lipinski definition) is 5. The van der Waals surface area contributed by atoms with E-state index in [1.807, 2.05) is 97.1 Å². The standard InChI is InChI=1S/C18H14BrClN2O.C18H11BrClN.ClH.H3NO/c19-14-5-8-16-13(10-14)9-12(17(16)18(21)22-23)4-1-11-2-6-15(20)7-3-11;19-15-5-8-17-14(10-15)9-13(18(17)11-21)4-1-12-2-6-16(20)7-3-12;;1-2/h1-8,10,23H,9H2,(H2,21,22);1-8,10H,9H2;1H;2H,1H2/b2*4-1+;;. The Labute approximate surface area is 306 Å². The van der Waals surface area contributed by atoms with Crippen molar-refractivity contribution in [1.29, 1.82) is 5.26 Å². The molecule has 0 saturated carbocycles. The first kappa shape index (κ1) is 37.8. The summed E-state index contributed by atoms with van der Waals surface area (Å²) in [6.07, 6.45) is 9.58. The molecule has 11 heteroatoms. The summed E-state index contributed by atoms with van der Waals surface area (Å²) in [4.78, 5) is 0. The van der Waals surface area contributed by atoms with Crippen LogP contribution in [0.2, 0.25) is 10.0 Å². The van der Waals surface area contributed by atoms with Gasteiger partial charge in [-0.2, -0.15) is 5.26 Å². The number of nitrogens with zero attached hydrogens (tertiary/aromatic N) is 2. The molecule has 47 heavy (non-hydrogen) atoms. The second-order valence-electron chi connectivity index (χ2n) is 10.1. The van der Waals surface area contributed by atoms with E-state index in [0.717, 1.165) is 76.9 Å². The van der Waals surface area contributed by atoms with E-state index < -0.39 is 0 Å². The summed E-state index contributed by atoms with van der Waals surface area (Å²) >= 11 is 18.7. The molecule has 240 valence electrons. The smallest absolute Gasteiger partial charge is 0.170 e. The Bertz CT molecular complexity index is 1930. The van der Waals surface area contributed by atoms with Crippen molar-refractivity contribution < 1.29 is 10.4 Å². The predicted octanol–water partition coefficient (Wildman–Crippen LogP) is 10.3. The van der Waals surface area contributed by atoms with Gasteiger partial charge in [0.25, 0.3) is 0 Å². The molecule has 2 aliphatic carbocycles. The Kier molecular flexibility index (Phi) is 14.5. The first-order valence-electron chi connectivity index (χ1n) is 13.8. The van der Waals surface area contributed by atoms with E-state index in [1.54, 1.807) is 0 Å². The Balaban J connectivity index is 0.000000239. The molecule has 4 aromatic carbocycles. The number of oxime groups is 1. The van der Waals surface area contributed by atoms with Gasteiger partial charge in [0.15, 0.2) is 5.84 Å². The first-order valence-corrected chi connectivity index (χ1v) is 16.1. The highest BCUT2D eigenvalue weighted by Gasteiger charge is 2.23. The molecule has 0 amide bonds. The molecule has 0 aliphatic heterocycles. The molecular weight excluding hydrogens is 787 g/mol. The molecule has 0 saturated heterocycles. The average molecular weight is 816 g/mol. The van der Waals surface area contributed by atoms with Gasteiger partial charge in [-0.1, -0.05) is 121 Å². The third-order valence-electron chi connectivity index (χ3n) is 7.25. The number of allylic oxidation sites excluding steroid dienone is 5. The van der Waals surface area contributed by atoms with Crippen LogP contribution >= 0.6 is 67.5 Å². The molecule has 6 N–H and O–H groups in total. The Morgan fingerprint density at radius 1 is 0.723 bits per heavy atom. The van der Waals surface area contributed by atoms with E-state index in [0.29, 0.717) is 5.02 Å². The van der Waals surface area contributed by atoms with Gasteiger partial charge in [-0.15, -0.1) is 12.4 Å². The fourth-order valence-electron chi connectivity index (χ4n) is 5.15. The maximum atomic E-state index is 9.42. The van der Waals surface area contributed by atoms with Gasteiger partial charge in [-0.05, 0) is 106 Å². The van der Waals surface area contributed by atoms with Crippen molar-refractivity contribution >= 4 is 96.6 Å². The Morgan fingerprint density at radius 3 is 1.66 bits per heavy atom. The zero-order valence-electron chi connectivity index (χ0n) is 24.7. The quantitative estimate of drug-likeness (QED) is 0.0690. The molecule has 0 radical (unpaired) electrons. The van der Waals surface area contributed by atoms with Crippen molar-refractivity contribution in [3.05, 3.63) is 161 Å². The molecule has 4 aromatic rings. The minimum atomic E-state index is 0. The van der Waals surface area contributed by atoms with Gasteiger partial charge in [0.05, 0.1) is 5.57 Å². The van der Waals surface area contributed by atoms with Crippen LogP contribution in [0.5, 0.6) is 0 Å². The molecule has 0 fully saturated rings. The summed E-state index contributed by atoms with van der Waals surface area (Å²) in [7, 11) is 0. The van der Waals surface area contributed by atoms with Gasteiger partial charge in [-0.3, -0.25) is 0 Å². The van der Waals surface area contributed by atoms with Crippen LogP contribution in [0.25, 0.3) is 23.3 Å². The van der Waals surface area contributed by atoms with Crippen molar-refractivity contribution in [3.63, 3.8) is 0 Å². The van der Waals surface area contributed by atoms with Gasteiger partial charge in [0.2, 0.25) is 0 Å².